The molecule has 0 spiro atoms. The first kappa shape index (κ1) is 10.8. The highest BCUT2D eigenvalue weighted by atomic mass is 35.5. The quantitative estimate of drug-likeness (QED) is 0.887. The van der Waals surface area contributed by atoms with E-state index in [1.807, 2.05) is 36.0 Å². The molecule has 2 N–H and O–H groups in total. The highest BCUT2D eigenvalue weighted by molar-refractivity contribution is 6.30. The molecule has 0 radical (unpaired) electrons. The Kier molecular flexibility index (Phi) is 2.28. The summed E-state index contributed by atoms with van der Waals surface area (Å²) in [5.41, 5.74) is 9.08. The minimum atomic E-state index is -0.186. The molecule has 17 heavy (non-hydrogen) atoms. The van der Waals surface area contributed by atoms with Gasteiger partial charge in [-0.1, -0.05) is 23.7 Å². The van der Waals surface area contributed by atoms with Crippen LogP contribution in [0.1, 0.15) is 18.5 Å². The highest BCUT2D eigenvalue weighted by Gasteiger charge is 2.42. The Labute approximate surface area is 105 Å². The largest absolute Gasteiger partial charge is 0.320 e. The molecule has 0 bridgehead atoms. The van der Waals surface area contributed by atoms with Gasteiger partial charge in [-0.15, -0.1) is 0 Å². The van der Waals surface area contributed by atoms with Gasteiger partial charge in [0.15, 0.2) is 0 Å². The number of aromatic nitrogens is 2. The lowest BCUT2D eigenvalue weighted by molar-refractivity contribution is 0.661. The molecule has 3 nitrogen and oxygen atoms in total. The van der Waals surface area contributed by atoms with E-state index in [1.54, 1.807) is 0 Å². The number of hydrogen-bond acceptors (Lipinski definition) is 2. The number of nitrogens with two attached hydrogens (primary N) is 1. The molecule has 0 saturated heterocycles. The molecule has 1 heterocycles. The Morgan fingerprint density at radius 1 is 1.35 bits per heavy atom. The van der Waals surface area contributed by atoms with Crippen LogP contribution >= 0.6 is 11.6 Å². The number of aryl methyl sites for hydroxylation is 1. The van der Waals surface area contributed by atoms with Crippen LogP contribution < -0.4 is 5.73 Å². The van der Waals surface area contributed by atoms with Gasteiger partial charge in [-0.2, -0.15) is 5.10 Å². The lowest BCUT2D eigenvalue weighted by Gasteiger charge is -2.01. The summed E-state index contributed by atoms with van der Waals surface area (Å²) in [6, 6.07) is 9.85. The van der Waals surface area contributed by atoms with Gasteiger partial charge in [-0.3, -0.25) is 4.68 Å². The van der Waals surface area contributed by atoms with E-state index in [1.165, 1.54) is 0 Å². The average Bonchev–Trinajstić information content (AvgIpc) is 2.90. The molecule has 2 aromatic rings. The maximum atomic E-state index is 6.16. The summed E-state index contributed by atoms with van der Waals surface area (Å²) in [7, 11) is 1.94. The van der Waals surface area contributed by atoms with E-state index >= 15 is 0 Å². The van der Waals surface area contributed by atoms with Crippen LogP contribution in [0.3, 0.4) is 0 Å². The van der Waals surface area contributed by atoms with Crippen molar-refractivity contribution in [3.8, 4) is 11.3 Å². The molecule has 1 aromatic heterocycles. The molecular formula is C13H14ClN3. The standard InChI is InChI=1S/C13H14ClN3/c1-17-11(9-3-2-4-10(14)7-9)8-12(16-17)13(15)5-6-13/h2-4,7-8H,5-6,15H2,1H3. The molecule has 0 unspecified atom stereocenters. The molecule has 1 aliphatic rings. The van der Waals surface area contributed by atoms with E-state index in [0.29, 0.717) is 0 Å². The summed E-state index contributed by atoms with van der Waals surface area (Å²) in [5.74, 6) is 0. The van der Waals surface area contributed by atoms with Crippen LogP contribution in [0.15, 0.2) is 30.3 Å². The first-order valence-electron chi connectivity index (χ1n) is 5.68. The summed E-state index contributed by atoms with van der Waals surface area (Å²) in [5, 5.41) is 5.23. The van der Waals surface area contributed by atoms with Crippen molar-refractivity contribution in [3.05, 3.63) is 41.0 Å². The minimum absolute atomic E-state index is 0.186. The van der Waals surface area contributed by atoms with Gasteiger partial charge in [0.2, 0.25) is 0 Å². The van der Waals surface area contributed by atoms with Gasteiger partial charge in [-0.05, 0) is 31.0 Å². The summed E-state index contributed by atoms with van der Waals surface area (Å²) < 4.78 is 1.87. The first-order valence-corrected chi connectivity index (χ1v) is 6.06. The fourth-order valence-corrected chi connectivity index (χ4v) is 2.21. The van der Waals surface area contributed by atoms with E-state index < -0.39 is 0 Å². The average molecular weight is 248 g/mol. The number of halogens is 1. The van der Waals surface area contributed by atoms with Gasteiger partial charge in [0.25, 0.3) is 0 Å². The van der Waals surface area contributed by atoms with Gasteiger partial charge >= 0.3 is 0 Å². The molecule has 0 aliphatic heterocycles. The van der Waals surface area contributed by atoms with Crippen molar-refractivity contribution in [1.82, 2.24) is 9.78 Å². The normalized spacial score (nSPS) is 17.1. The van der Waals surface area contributed by atoms with Crippen molar-refractivity contribution >= 4 is 11.6 Å². The van der Waals surface area contributed by atoms with Crippen LogP contribution in [0.4, 0.5) is 0 Å². The van der Waals surface area contributed by atoms with Crippen LogP contribution in [-0.4, -0.2) is 9.78 Å². The number of nitrogens with zero attached hydrogens (tertiary/aromatic N) is 2. The van der Waals surface area contributed by atoms with E-state index in [2.05, 4.69) is 11.2 Å². The highest BCUT2D eigenvalue weighted by Crippen LogP contribution is 2.42. The minimum Gasteiger partial charge on any atom is -0.320 e. The molecule has 0 atom stereocenters. The Hall–Kier alpha value is -1.32. The van der Waals surface area contributed by atoms with E-state index in [4.69, 9.17) is 17.3 Å². The van der Waals surface area contributed by atoms with Crippen molar-refractivity contribution in [2.45, 2.75) is 18.4 Å². The lowest BCUT2D eigenvalue weighted by Crippen LogP contribution is -2.19. The third-order valence-corrected chi connectivity index (χ3v) is 3.53. The Morgan fingerprint density at radius 2 is 2.12 bits per heavy atom. The fourth-order valence-electron chi connectivity index (χ4n) is 2.02. The molecule has 1 aromatic carbocycles. The third kappa shape index (κ3) is 1.85. The van der Waals surface area contributed by atoms with Crippen molar-refractivity contribution in [1.29, 1.82) is 0 Å². The van der Waals surface area contributed by atoms with Gasteiger partial charge in [0, 0.05) is 17.6 Å². The van der Waals surface area contributed by atoms with Crippen LogP contribution in [-0.2, 0) is 12.6 Å². The second kappa shape index (κ2) is 3.59. The maximum Gasteiger partial charge on any atom is 0.0829 e. The van der Waals surface area contributed by atoms with Crippen molar-refractivity contribution in [2.24, 2.45) is 12.8 Å². The van der Waals surface area contributed by atoms with Crippen LogP contribution in [0.5, 0.6) is 0 Å². The second-order valence-corrected chi connectivity index (χ2v) is 5.14. The summed E-state index contributed by atoms with van der Waals surface area (Å²) in [6.45, 7) is 0. The Balaban J connectivity index is 2.06. The predicted molar refractivity (Wildman–Crippen MR) is 68.8 cm³/mol. The van der Waals surface area contributed by atoms with E-state index in [9.17, 15) is 0 Å². The van der Waals surface area contributed by atoms with Gasteiger partial charge in [0.05, 0.1) is 16.9 Å². The molecular weight excluding hydrogens is 234 g/mol. The molecule has 0 amide bonds. The zero-order valence-corrected chi connectivity index (χ0v) is 10.4. The topological polar surface area (TPSA) is 43.8 Å². The van der Waals surface area contributed by atoms with Gasteiger partial charge in [0.1, 0.15) is 0 Å². The smallest absolute Gasteiger partial charge is 0.0829 e. The van der Waals surface area contributed by atoms with Crippen LogP contribution in [0.2, 0.25) is 5.02 Å². The summed E-state index contributed by atoms with van der Waals surface area (Å²) in [6.07, 6.45) is 2.05. The molecule has 4 heteroatoms. The molecule has 1 fully saturated rings. The predicted octanol–water partition coefficient (Wildman–Crippen LogP) is 2.69. The van der Waals surface area contributed by atoms with Crippen molar-refractivity contribution in [3.63, 3.8) is 0 Å². The van der Waals surface area contributed by atoms with E-state index in [0.717, 1.165) is 34.8 Å². The van der Waals surface area contributed by atoms with Crippen molar-refractivity contribution in [2.75, 3.05) is 0 Å². The number of rotatable bonds is 2. The third-order valence-electron chi connectivity index (χ3n) is 3.30. The lowest BCUT2D eigenvalue weighted by atomic mass is 10.1. The molecule has 1 saturated carbocycles. The first-order chi connectivity index (χ1) is 8.08. The van der Waals surface area contributed by atoms with Gasteiger partial charge in [-0.25, -0.2) is 0 Å². The van der Waals surface area contributed by atoms with Gasteiger partial charge < -0.3 is 5.73 Å². The molecule has 3 rings (SSSR count). The maximum absolute atomic E-state index is 6.16. The number of hydrogen-bond donors (Lipinski definition) is 1. The summed E-state index contributed by atoms with van der Waals surface area (Å²) >= 11 is 6.00. The van der Waals surface area contributed by atoms with Crippen LogP contribution in [0.25, 0.3) is 11.3 Å². The molecule has 1 aliphatic carbocycles. The van der Waals surface area contributed by atoms with Crippen LogP contribution in [0, 0.1) is 0 Å². The molecule has 88 valence electrons. The van der Waals surface area contributed by atoms with E-state index in [-0.39, 0.29) is 5.54 Å². The zero-order valence-electron chi connectivity index (χ0n) is 9.65. The Bertz CT molecular complexity index is 570. The number of benzene rings is 1. The van der Waals surface area contributed by atoms with Crippen molar-refractivity contribution < 1.29 is 0 Å². The summed E-state index contributed by atoms with van der Waals surface area (Å²) in [4.78, 5) is 0. The SMILES string of the molecule is Cn1nc(C2(N)CC2)cc1-c1cccc(Cl)c1. The fraction of sp³-hybridized carbons (Fsp3) is 0.308. The monoisotopic (exact) mass is 247 g/mol. The second-order valence-electron chi connectivity index (χ2n) is 4.70. The Morgan fingerprint density at radius 3 is 2.76 bits per heavy atom. The zero-order chi connectivity index (χ0) is 12.0.